The molecule has 2 aromatic rings. The fourth-order valence-corrected chi connectivity index (χ4v) is 2.71. The summed E-state index contributed by atoms with van der Waals surface area (Å²) in [7, 11) is -3.80. The van der Waals surface area contributed by atoms with Gasteiger partial charge in [0.25, 0.3) is 5.91 Å². The molecule has 9 heteroatoms. The highest BCUT2D eigenvalue weighted by Crippen LogP contribution is 2.26. The lowest BCUT2D eigenvalue weighted by Gasteiger charge is -2.07. The van der Waals surface area contributed by atoms with Crippen molar-refractivity contribution in [1.82, 2.24) is 0 Å². The van der Waals surface area contributed by atoms with Gasteiger partial charge in [0.05, 0.1) is 10.6 Å². The fraction of sp³-hybridized carbons (Fsp3) is 0. The Balaban J connectivity index is 2.25. The van der Waals surface area contributed by atoms with E-state index in [4.69, 9.17) is 21.2 Å². The van der Waals surface area contributed by atoms with Crippen LogP contribution < -0.4 is 10.5 Å². The summed E-state index contributed by atoms with van der Waals surface area (Å²) in [6.45, 7) is 0. The summed E-state index contributed by atoms with van der Waals surface area (Å²) in [4.78, 5) is 11.8. The number of nitrogens with one attached hydrogen (secondary N) is 1. The van der Waals surface area contributed by atoms with E-state index < -0.39 is 15.9 Å². The number of benzene rings is 1. The van der Waals surface area contributed by atoms with Gasteiger partial charge in [0, 0.05) is 4.47 Å². The second kappa shape index (κ2) is 5.57. The Morgan fingerprint density at radius 1 is 1.30 bits per heavy atom. The van der Waals surface area contributed by atoms with Gasteiger partial charge in [-0.15, -0.1) is 0 Å². The highest BCUT2D eigenvalue weighted by Gasteiger charge is 2.14. The summed E-state index contributed by atoms with van der Waals surface area (Å²) in [6.07, 6.45) is 0. The van der Waals surface area contributed by atoms with Gasteiger partial charge in [-0.2, -0.15) is 0 Å². The number of hydrogen-bond acceptors (Lipinski definition) is 4. The average Bonchev–Trinajstić information content (AvgIpc) is 2.77. The van der Waals surface area contributed by atoms with Gasteiger partial charge < -0.3 is 9.73 Å². The number of sulfonamides is 1. The summed E-state index contributed by atoms with van der Waals surface area (Å²) in [6, 6.07) is 6.84. The van der Waals surface area contributed by atoms with E-state index in [1.54, 1.807) is 0 Å². The predicted molar refractivity (Wildman–Crippen MR) is 77.2 cm³/mol. The summed E-state index contributed by atoms with van der Waals surface area (Å²) in [5.41, 5.74) is 0.370. The van der Waals surface area contributed by atoms with Crippen molar-refractivity contribution in [1.29, 1.82) is 0 Å². The Labute approximate surface area is 128 Å². The number of carbonyl (C=O) groups is 1. The molecular weight excluding hydrogens is 372 g/mol. The highest BCUT2D eigenvalue weighted by atomic mass is 79.9. The topological polar surface area (TPSA) is 102 Å². The second-order valence-electron chi connectivity index (χ2n) is 3.74. The molecule has 0 radical (unpaired) electrons. The van der Waals surface area contributed by atoms with Crippen LogP contribution in [0.1, 0.15) is 10.6 Å². The first kappa shape index (κ1) is 15.0. The molecule has 20 heavy (non-hydrogen) atoms. The molecule has 0 aliphatic carbocycles. The molecule has 0 aliphatic rings. The van der Waals surface area contributed by atoms with Crippen molar-refractivity contribution in [3.05, 3.63) is 45.8 Å². The molecule has 0 unspecified atom stereocenters. The number of furan rings is 1. The van der Waals surface area contributed by atoms with Crippen LogP contribution in [0.2, 0.25) is 5.22 Å². The summed E-state index contributed by atoms with van der Waals surface area (Å²) in [5.74, 6) is -0.474. The zero-order valence-electron chi connectivity index (χ0n) is 9.76. The minimum Gasteiger partial charge on any atom is -0.440 e. The van der Waals surface area contributed by atoms with Crippen LogP contribution >= 0.6 is 27.5 Å². The average molecular weight is 380 g/mol. The lowest BCUT2D eigenvalue weighted by Crippen LogP contribution is -2.14. The molecule has 6 nitrogen and oxygen atoms in total. The molecule has 1 heterocycles. The van der Waals surface area contributed by atoms with Crippen molar-refractivity contribution in [3.8, 4) is 0 Å². The van der Waals surface area contributed by atoms with E-state index in [2.05, 4.69) is 21.2 Å². The van der Waals surface area contributed by atoms with Crippen molar-refractivity contribution in [2.75, 3.05) is 5.32 Å². The van der Waals surface area contributed by atoms with Gasteiger partial charge in [0.1, 0.15) is 0 Å². The molecular formula is C11H8BrClN2O4S. The van der Waals surface area contributed by atoms with Gasteiger partial charge in [0.15, 0.2) is 11.0 Å². The smallest absolute Gasteiger partial charge is 0.291 e. The molecule has 0 atom stereocenters. The van der Waals surface area contributed by atoms with Crippen molar-refractivity contribution >= 4 is 49.1 Å². The third-order valence-electron chi connectivity index (χ3n) is 2.31. The molecule has 0 spiro atoms. The Bertz CT molecular complexity index is 772. The van der Waals surface area contributed by atoms with Crippen LogP contribution in [0.4, 0.5) is 5.69 Å². The number of carbonyl (C=O) groups excluding carboxylic acids is 1. The van der Waals surface area contributed by atoms with Crippen molar-refractivity contribution < 1.29 is 17.6 Å². The Morgan fingerprint density at radius 2 is 2.00 bits per heavy atom. The fourth-order valence-electron chi connectivity index (χ4n) is 1.39. The number of amides is 1. The molecule has 0 saturated carbocycles. The lowest BCUT2D eigenvalue weighted by atomic mass is 10.3. The van der Waals surface area contributed by atoms with Crippen LogP contribution in [0.25, 0.3) is 0 Å². The molecule has 0 aliphatic heterocycles. The zero-order chi connectivity index (χ0) is 14.9. The van der Waals surface area contributed by atoms with Crippen LogP contribution in [0.15, 0.2) is 44.1 Å². The molecule has 1 aromatic carbocycles. The quantitative estimate of drug-likeness (QED) is 0.855. The van der Waals surface area contributed by atoms with Crippen molar-refractivity contribution in [3.63, 3.8) is 0 Å². The number of rotatable bonds is 3. The summed E-state index contributed by atoms with van der Waals surface area (Å²) in [5, 5.41) is 7.65. The molecule has 106 valence electrons. The lowest BCUT2D eigenvalue weighted by molar-refractivity contribution is 0.0996. The van der Waals surface area contributed by atoms with E-state index in [0.29, 0.717) is 10.2 Å². The molecule has 1 amide bonds. The number of primary sulfonamides is 1. The number of nitrogens with two attached hydrogens (primary N) is 1. The van der Waals surface area contributed by atoms with Crippen LogP contribution in [0, 0.1) is 0 Å². The first-order chi connectivity index (χ1) is 9.27. The van der Waals surface area contributed by atoms with Crippen molar-refractivity contribution in [2.45, 2.75) is 4.90 Å². The van der Waals surface area contributed by atoms with E-state index in [-0.39, 0.29) is 15.9 Å². The first-order valence-corrected chi connectivity index (χ1v) is 7.88. The second-order valence-corrected chi connectivity index (χ2v) is 6.53. The van der Waals surface area contributed by atoms with Gasteiger partial charge in [-0.05, 0) is 57.9 Å². The SMILES string of the molecule is NS(=O)(=O)c1ccc(NC(=O)c2ccc(Cl)o2)c(Br)c1. The maximum Gasteiger partial charge on any atom is 0.291 e. The zero-order valence-corrected chi connectivity index (χ0v) is 12.9. The van der Waals surface area contributed by atoms with Gasteiger partial charge in [-0.1, -0.05) is 0 Å². The van der Waals surface area contributed by atoms with Gasteiger partial charge in [-0.3, -0.25) is 4.79 Å². The number of anilines is 1. The Morgan fingerprint density at radius 3 is 2.50 bits per heavy atom. The first-order valence-electron chi connectivity index (χ1n) is 5.16. The molecule has 0 saturated heterocycles. The minimum atomic E-state index is -3.80. The molecule has 2 rings (SSSR count). The van der Waals surface area contributed by atoms with Crippen LogP contribution in [0.3, 0.4) is 0 Å². The third-order valence-corrected chi connectivity index (χ3v) is 4.08. The molecule has 1 aromatic heterocycles. The van der Waals surface area contributed by atoms with E-state index in [1.807, 2.05) is 0 Å². The summed E-state index contributed by atoms with van der Waals surface area (Å²) >= 11 is 8.73. The predicted octanol–water partition coefficient (Wildman–Crippen LogP) is 2.60. The largest absolute Gasteiger partial charge is 0.440 e. The van der Waals surface area contributed by atoms with Crippen LogP contribution in [-0.2, 0) is 10.0 Å². The monoisotopic (exact) mass is 378 g/mol. The van der Waals surface area contributed by atoms with Gasteiger partial charge >= 0.3 is 0 Å². The van der Waals surface area contributed by atoms with E-state index >= 15 is 0 Å². The number of hydrogen-bond donors (Lipinski definition) is 2. The standard InChI is InChI=1S/C11H8BrClN2O4S/c12-7-5-6(20(14,17)18)1-2-8(7)15-11(16)9-3-4-10(13)19-9/h1-5H,(H,15,16)(H2,14,17,18). The minimum absolute atomic E-state index is 0.0393. The molecule has 0 bridgehead atoms. The van der Waals surface area contributed by atoms with E-state index in [1.165, 1.54) is 30.3 Å². The van der Waals surface area contributed by atoms with E-state index in [0.717, 1.165) is 0 Å². The highest BCUT2D eigenvalue weighted by molar-refractivity contribution is 9.10. The Kier molecular flexibility index (Phi) is 4.19. The molecule has 3 N–H and O–H groups in total. The van der Waals surface area contributed by atoms with Crippen LogP contribution in [-0.4, -0.2) is 14.3 Å². The Hall–Kier alpha value is -1.35. The maximum atomic E-state index is 11.8. The van der Waals surface area contributed by atoms with E-state index in [9.17, 15) is 13.2 Å². The van der Waals surface area contributed by atoms with Crippen molar-refractivity contribution in [2.24, 2.45) is 5.14 Å². The van der Waals surface area contributed by atoms with Gasteiger partial charge in [-0.25, -0.2) is 13.6 Å². The van der Waals surface area contributed by atoms with Gasteiger partial charge in [0.2, 0.25) is 10.0 Å². The number of halogens is 2. The normalized spacial score (nSPS) is 11.3. The third kappa shape index (κ3) is 3.40. The van der Waals surface area contributed by atoms with Crippen LogP contribution in [0.5, 0.6) is 0 Å². The maximum absolute atomic E-state index is 11.8. The summed E-state index contributed by atoms with van der Waals surface area (Å²) < 4.78 is 27.7. The molecule has 0 fully saturated rings.